The highest BCUT2D eigenvalue weighted by atomic mass is 79.9. The van der Waals surface area contributed by atoms with Gasteiger partial charge in [0, 0.05) is 16.7 Å². The van der Waals surface area contributed by atoms with Crippen molar-refractivity contribution in [1.29, 1.82) is 0 Å². The molecule has 2 rings (SSSR count). The molecular weight excluding hydrogens is 300 g/mol. The zero-order valence-corrected chi connectivity index (χ0v) is 12.8. The zero-order chi connectivity index (χ0) is 12.6. The highest BCUT2D eigenvalue weighted by molar-refractivity contribution is 9.10. The molecule has 1 fully saturated rings. The van der Waals surface area contributed by atoms with Gasteiger partial charge in [0.05, 0.1) is 5.69 Å². The Morgan fingerprint density at radius 2 is 2.18 bits per heavy atom. The van der Waals surface area contributed by atoms with Crippen LogP contribution in [-0.2, 0) is 0 Å². The van der Waals surface area contributed by atoms with Gasteiger partial charge in [-0.25, -0.2) is 4.98 Å². The molecule has 17 heavy (non-hydrogen) atoms. The number of nitrogens with one attached hydrogen (secondary N) is 1. The first kappa shape index (κ1) is 13.2. The van der Waals surface area contributed by atoms with Crippen LogP contribution >= 0.6 is 27.5 Å². The quantitative estimate of drug-likeness (QED) is 0.797. The van der Waals surface area contributed by atoms with Crippen LogP contribution in [0.25, 0.3) is 0 Å². The Kier molecular flexibility index (Phi) is 3.69. The van der Waals surface area contributed by atoms with Gasteiger partial charge < -0.3 is 5.32 Å². The average molecular weight is 318 g/mol. The molecule has 0 spiro atoms. The summed E-state index contributed by atoms with van der Waals surface area (Å²) in [7, 11) is 0. The van der Waals surface area contributed by atoms with Gasteiger partial charge in [0.2, 0.25) is 0 Å². The maximum absolute atomic E-state index is 6.10. The number of anilines is 1. The smallest absolute Gasteiger partial charge is 0.152 e. The lowest BCUT2D eigenvalue weighted by Crippen LogP contribution is -2.22. The van der Waals surface area contributed by atoms with Crippen LogP contribution in [0, 0.1) is 11.3 Å². The van der Waals surface area contributed by atoms with Crippen LogP contribution in [0.5, 0.6) is 0 Å². The molecule has 0 bridgehead atoms. The first-order valence-corrected chi connectivity index (χ1v) is 7.12. The number of nitrogens with zero attached hydrogens (tertiary/aromatic N) is 1. The summed E-state index contributed by atoms with van der Waals surface area (Å²) in [4.78, 5) is 4.14. The number of hydrogen-bond donors (Lipinski definition) is 1. The van der Waals surface area contributed by atoms with E-state index in [-0.39, 0.29) is 0 Å². The first-order valence-electron chi connectivity index (χ1n) is 5.95. The fourth-order valence-electron chi connectivity index (χ4n) is 2.81. The maximum atomic E-state index is 6.10. The highest BCUT2D eigenvalue weighted by Gasteiger charge is 2.36. The molecule has 0 saturated heterocycles. The third kappa shape index (κ3) is 3.14. The van der Waals surface area contributed by atoms with Gasteiger partial charge in [-0.15, -0.1) is 0 Å². The van der Waals surface area contributed by atoms with E-state index in [1.54, 1.807) is 6.20 Å². The fraction of sp³-hybridized carbons (Fsp3) is 0.615. The van der Waals surface area contributed by atoms with Gasteiger partial charge in [0.1, 0.15) is 0 Å². The molecule has 1 aromatic heterocycles. The largest absolute Gasteiger partial charge is 0.380 e. The molecule has 4 heteroatoms. The van der Waals surface area contributed by atoms with E-state index in [0.717, 1.165) is 10.2 Å². The molecule has 1 aliphatic rings. The lowest BCUT2D eigenvalue weighted by molar-refractivity contribution is 0.366. The van der Waals surface area contributed by atoms with Crippen molar-refractivity contribution in [3.8, 4) is 0 Å². The van der Waals surface area contributed by atoms with E-state index in [9.17, 15) is 0 Å². The molecule has 2 unspecified atom stereocenters. The van der Waals surface area contributed by atoms with Crippen molar-refractivity contribution in [2.45, 2.75) is 39.7 Å². The second kappa shape index (κ2) is 4.77. The zero-order valence-electron chi connectivity index (χ0n) is 10.4. The Bertz CT molecular complexity index is 420. The van der Waals surface area contributed by atoms with Crippen LogP contribution in [-0.4, -0.2) is 11.0 Å². The Hall–Kier alpha value is -0.280. The van der Waals surface area contributed by atoms with Crippen molar-refractivity contribution in [3.05, 3.63) is 21.9 Å². The molecule has 2 atom stereocenters. The van der Waals surface area contributed by atoms with Crippen LogP contribution in [0.1, 0.15) is 33.6 Å². The first-order chi connectivity index (χ1) is 7.87. The van der Waals surface area contributed by atoms with E-state index in [0.29, 0.717) is 22.5 Å². The lowest BCUT2D eigenvalue weighted by Gasteiger charge is -2.20. The normalized spacial score (nSPS) is 27.1. The van der Waals surface area contributed by atoms with Crippen molar-refractivity contribution in [2.75, 3.05) is 5.32 Å². The molecule has 1 aliphatic carbocycles. The van der Waals surface area contributed by atoms with Gasteiger partial charge in [-0.2, -0.15) is 0 Å². The maximum Gasteiger partial charge on any atom is 0.152 e. The highest BCUT2D eigenvalue weighted by Crippen LogP contribution is 2.42. The van der Waals surface area contributed by atoms with E-state index in [2.05, 4.69) is 47.0 Å². The van der Waals surface area contributed by atoms with Gasteiger partial charge in [0.15, 0.2) is 5.15 Å². The SMILES string of the molecule is CC1CC(C)(C)CC1Nc1cc(Br)cnc1Cl. The van der Waals surface area contributed by atoms with E-state index in [1.165, 1.54) is 12.8 Å². The molecule has 94 valence electrons. The van der Waals surface area contributed by atoms with Crippen molar-refractivity contribution < 1.29 is 0 Å². The van der Waals surface area contributed by atoms with Crippen molar-refractivity contribution in [1.82, 2.24) is 4.98 Å². The predicted octanol–water partition coefficient (Wildman–Crippen LogP) is 4.73. The minimum Gasteiger partial charge on any atom is -0.380 e. The van der Waals surface area contributed by atoms with E-state index in [1.807, 2.05) is 6.07 Å². The molecule has 0 aromatic carbocycles. The van der Waals surface area contributed by atoms with Crippen LogP contribution in [0.3, 0.4) is 0 Å². The van der Waals surface area contributed by atoms with Gasteiger partial charge in [-0.05, 0) is 46.2 Å². The summed E-state index contributed by atoms with van der Waals surface area (Å²) in [6, 6.07) is 2.48. The third-order valence-electron chi connectivity index (χ3n) is 3.48. The number of halogens is 2. The Balaban J connectivity index is 2.14. The van der Waals surface area contributed by atoms with Crippen molar-refractivity contribution in [3.63, 3.8) is 0 Å². The number of rotatable bonds is 2. The minimum atomic E-state index is 0.420. The summed E-state index contributed by atoms with van der Waals surface area (Å²) in [5.74, 6) is 0.667. The van der Waals surface area contributed by atoms with Crippen molar-refractivity contribution in [2.24, 2.45) is 11.3 Å². The fourth-order valence-corrected chi connectivity index (χ4v) is 3.30. The summed E-state index contributed by atoms with van der Waals surface area (Å²) in [5, 5.41) is 4.08. The topological polar surface area (TPSA) is 24.9 Å². The second-order valence-corrected chi connectivity index (χ2v) is 7.07. The molecule has 1 N–H and O–H groups in total. The van der Waals surface area contributed by atoms with E-state index in [4.69, 9.17) is 11.6 Å². The molecule has 1 heterocycles. The summed E-state index contributed by atoms with van der Waals surface area (Å²) in [6.45, 7) is 6.95. The summed E-state index contributed by atoms with van der Waals surface area (Å²) in [6.07, 6.45) is 4.15. The van der Waals surface area contributed by atoms with Gasteiger partial charge >= 0.3 is 0 Å². The van der Waals surface area contributed by atoms with E-state index < -0.39 is 0 Å². The van der Waals surface area contributed by atoms with Crippen molar-refractivity contribution >= 4 is 33.2 Å². The van der Waals surface area contributed by atoms with Crippen LogP contribution < -0.4 is 5.32 Å². The lowest BCUT2D eigenvalue weighted by atomic mass is 9.91. The number of aromatic nitrogens is 1. The average Bonchev–Trinajstić information content (AvgIpc) is 2.46. The molecule has 0 aliphatic heterocycles. The van der Waals surface area contributed by atoms with Gasteiger partial charge in [-0.3, -0.25) is 0 Å². The molecule has 2 nitrogen and oxygen atoms in total. The Morgan fingerprint density at radius 3 is 2.76 bits per heavy atom. The number of pyridine rings is 1. The summed E-state index contributed by atoms with van der Waals surface area (Å²) >= 11 is 9.52. The summed E-state index contributed by atoms with van der Waals surface area (Å²) < 4.78 is 0.953. The predicted molar refractivity (Wildman–Crippen MR) is 76.5 cm³/mol. The third-order valence-corrected chi connectivity index (χ3v) is 4.22. The van der Waals surface area contributed by atoms with Crippen LogP contribution in [0.2, 0.25) is 5.15 Å². The molecule has 1 saturated carbocycles. The van der Waals surface area contributed by atoms with Crippen LogP contribution in [0.4, 0.5) is 5.69 Å². The monoisotopic (exact) mass is 316 g/mol. The summed E-state index contributed by atoms with van der Waals surface area (Å²) in [5.41, 5.74) is 1.35. The van der Waals surface area contributed by atoms with Gasteiger partial charge in [-0.1, -0.05) is 32.4 Å². The van der Waals surface area contributed by atoms with Gasteiger partial charge in [0.25, 0.3) is 0 Å². The standard InChI is InChI=1S/C13H18BrClN2/c1-8-5-13(2,3)6-11(8)17-10-4-9(14)7-16-12(10)15/h4,7-8,11,17H,5-6H2,1-3H3. The minimum absolute atomic E-state index is 0.420. The molecular formula is C13H18BrClN2. The molecule has 0 radical (unpaired) electrons. The second-order valence-electron chi connectivity index (χ2n) is 5.79. The Morgan fingerprint density at radius 1 is 1.47 bits per heavy atom. The van der Waals surface area contributed by atoms with Crippen LogP contribution in [0.15, 0.2) is 16.7 Å². The molecule has 0 amide bonds. The molecule has 1 aromatic rings. The van der Waals surface area contributed by atoms with E-state index >= 15 is 0 Å². The Labute approximate surface area is 116 Å². The number of hydrogen-bond acceptors (Lipinski definition) is 2.